The monoisotopic (exact) mass is 368 g/mol. The van der Waals surface area contributed by atoms with E-state index in [2.05, 4.69) is 58.0 Å². The molecule has 138 valence electrons. The summed E-state index contributed by atoms with van der Waals surface area (Å²) in [6, 6.07) is 18.2. The van der Waals surface area contributed by atoms with Crippen LogP contribution in [0.25, 0.3) is 16.6 Å². The number of nitrogens with zero attached hydrogens (tertiary/aromatic N) is 3. The predicted octanol–water partition coefficient (Wildman–Crippen LogP) is 3.65. The van der Waals surface area contributed by atoms with E-state index in [1.54, 1.807) is 10.7 Å². The minimum Gasteiger partial charge on any atom is -0.364 e. The molecular weight excluding hydrogens is 348 g/mol. The van der Waals surface area contributed by atoms with E-state index >= 15 is 0 Å². The molecule has 0 atom stereocenters. The average molecular weight is 368 g/mol. The van der Waals surface area contributed by atoms with Gasteiger partial charge in [-0.1, -0.05) is 18.1 Å². The summed E-state index contributed by atoms with van der Waals surface area (Å²) in [5.41, 5.74) is 10.8. The van der Waals surface area contributed by atoms with Gasteiger partial charge in [0.25, 0.3) is 5.91 Å². The second-order valence-corrected chi connectivity index (χ2v) is 6.71. The highest BCUT2D eigenvalue weighted by Crippen LogP contribution is 2.22. The van der Waals surface area contributed by atoms with Gasteiger partial charge in [-0.3, -0.25) is 4.79 Å². The maximum Gasteiger partial charge on any atom is 0.269 e. The molecular formula is C23H20N4O. The number of nitrogens with two attached hydrogens (primary N) is 1. The minimum atomic E-state index is -0.523. The Hall–Kier alpha value is -3.78. The molecule has 2 heterocycles. The van der Waals surface area contributed by atoms with Crippen molar-refractivity contribution in [3.8, 4) is 17.5 Å². The van der Waals surface area contributed by atoms with Crippen LogP contribution in [0.1, 0.15) is 34.2 Å². The summed E-state index contributed by atoms with van der Waals surface area (Å²) in [5.74, 6) is 5.46. The summed E-state index contributed by atoms with van der Waals surface area (Å²) in [4.78, 5) is 11.4. The van der Waals surface area contributed by atoms with Crippen LogP contribution in [0.5, 0.6) is 0 Å². The van der Waals surface area contributed by atoms with Crippen LogP contribution < -0.4 is 5.73 Å². The van der Waals surface area contributed by atoms with E-state index in [0.717, 1.165) is 34.4 Å². The fourth-order valence-electron chi connectivity index (χ4n) is 3.35. The number of primary amides is 1. The van der Waals surface area contributed by atoms with E-state index < -0.39 is 5.91 Å². The Balaban J connectivity index is 1.64. The number of carbonyl (C=O) groups excluding carboxylic acids is 1. The lowest BCUT2D eigenvalue weighted by Gasteiger charge is -2.08. The Morgan fingerprint density at radius 3 is 2.57 bits per heavy atom. The van der Waals surface area contributed by atoms with E-state index in [4.69, 9.17) is 5.73 Å². The van der Waals surface area contributed by atoms with Gasteiger partial charge in [0, 0.05) is 34.9 Å². The number of carbonyl (C=O) groups is 1. The number of benzene rings is 2. The Morgan fingerprint density at radius 1 is 1.11 bits per heavy atom. The summed E-state index contributed by atoms with van der Waals surface area (Å²) in [6.07, 6.45) is 2.08. The van der Waals surface area contributed by atoms with Gasteiger partial charge in [0.15, 0.2) is 5.69 Å². The molecule has 28 heavy (non-hydrogen) atoms. The third kappa shape index (κ3) is 3.28. The number of aryl methyl sites for hydroxylation is 1. The molecule has 0 bridgehead atoms. The zero-order valence-corrected chi connectivity index (χ0v) is 15.8. The second-order valence-electron chi connectivity index (χ2n) is 6.71. The minimum absolute atomic E-state index is 0.270. The van der Waals surface area contributed by atoms with Crippen LogP contribution >= 0.6 is 0 Å². The maximum atomic E-state index is 11.4. The molecule has 0 unspecified atom stereocenters. The summed E-state index contributed by atoms with van der Waals surface area (Å²) >= 11 is 0. The predicted molar refractivity (Wildman–Crippen MR) is 110 cm³/mol. The highest BCUT2D eigenvalue weighted by atomic mass is 16.1. The van der Waals surface area contributed by atoms with Gasteiger partial charge < -0.3 is 10.3 Å². The van der Waals surface area contributed by atoms with Crippen LogP contribution in [-0.4, -0.2) is 20.3 Å². The molecule has 2 aromatic heterocycles. The van der Waals surface area contributed by atoms with E-state index in [9.17, 15) is 4.79 Å². The molecule has 0 aliphatic heterocycles. The van der Waals surface area contributed by atoms with Crippen molar-refractivity contribution in [3.63, 3.8) is 0 Å². The lowest BCUT2D eigenvalue weighted by molar-refractivity contribution is 0.0995. The van der Waals surface area contributed by atoms with Crippen LogP contribution in [0.3, 0.4) is 0 Å². The van der Waals surface area contributed by atoms with E-state index in [1.165, 1.54) is 5.56 Å². The molecule has 4 aromatic rings. The van der Waals surface area contributed by atoms with Gasteiger partial charge in [-0.05, 0) is 61.9 Å². The molecule has 0 aliphatic rings. The third-order valence-corrected chi connectivity index (χ3v) is 4.72. The summed E-state index contributed by atoms with van der Waals surface area (Å²) < 4.78 is 3.95. The van der Waals surface area contributed by atoms with Crippen LogP contribution in [0.15, 0.2) is 60.8 Å². The van der Waals surface area contributed by atoms with Crippen molar-refractivity contribution in [3.05, 3.63) is 83.3 Å². The molecule has 0 radical (unpaired) electrons. The highest BCUT2D eigenvalue weighted by Gasteiger charge is 2.11. The van der Waals surface area contributed by atoms with Gasteiger partial charge in [0.2, 0.25) is 0 Å². The standard InChI is InChI=1S/C23H20N4O/c1-3-4-17-5-7-18(8-6-17)15-26-12-11-19-14-20(9-10-22(19)26)27-16(2)13-21(25-27)23(24)28/h5-14H,15H2,1-2H3,(H2,24,28). The first-order chi connectivity index (χ1) is 13.5. The summed E-state index contributed by atoms with van der Waals surface area (Å²) in [5, 5.41) is 5.42. The van der Waals surface area contributed by atoms with E-state index in [-0.39, 0.29) is 5.69 Å². The molecule has 5 nitrogen and oxygen atoms in total. The normalized spacial score (nSPS) is 10.6. The summed E-state index contributed by atoms with van der Waals surface area (Å²) in [6.45, 7) is 4.53. The van der Waals surface area contributed by atoms with E-state index in [1.807, 2.05) is 32.0 Å². The summed E-state index contributed by atoms with van der Waals surface area (Å²) in [7, 11) is 0. The molecule has 4 rings (SSSR count). The molecule has 5 heteroatoms. The van der Waals surface area contributed by atoms with Gasteiger partial charge in [0.05, 0.1) is 5.69 Å². The molecule has 0 spiro atoms. The highest BCUT2D eigenvalue weighted by molar-refractivity contribution is 5.91. The van der Waals surface area contributed by atoms with Crippen molar-refractivity contribution in [1.29, 1.82) is 0 Å². The molecule has 0 saturated heterocycles. The molecule has 2 N–H and O–H groups in total. The van der Waals surface area contributed by atoms with Crippen LogP contribution in [0, 0.1) is 18.8 Å². The van der Waals surface area contributed by atoms with Crippen molar-refractivity contribution in [1.82, 2.24) is 14.3 Å². The fraction of sp³-hybridized carbons (Fsp3) is 0.130. The van der Waals surface area contributed by atoms with Crippen molar-refractivity contribution >= 4 is 16.8 Å². The topological polar surface area (TPSA) is 65.8 Å². The molecule has 0 fully saturated rings. The average Bonchev–Trinajstić information content (AvgIpc) is 3.27. The Bertz CT molecular complexity index is 1230. The zero-order chi connectivity index (χ0) is 19.7. The Kier molecular flexibility index (Phi) is 4.46. The second kappa shape index (κ2) is 7.09. The zero-order valence-electron chi connectivity index (χ0n) is 15.8. The quantitative estimate of drug-likeness (QED) is 0.559. The van der Waals surface area contributed by atoms with Crippen LogP contribution in [-0.2, 0) is 6.54 Å². The van der Waals surface area contributed by atoms with Crippen molar-refractivity contribution in [2.75, 3.05) is 0 Å². The van der Waals surface area contributed by atoms with Gasteiger partial charge in [-0.25, -0.2) is 4.68 Å². The largest absolute Gasteiger partial charge is 0.364 e. The Labute approximate surface area is 163 Å². The van der Waals surface area contributed by atoms with Gasteiger partial charge in [0.1, 0.15) is 0 Å². The van der Waals surface area contributed by atoms with Gasteiger partial charge in [-0.15, -0.1) is 5.92 Å². The van der Waals surface area contributed by atoms with Crippen LogP contribution in [0.4, 0.5) is 0 Å². The smallest absolute Gasteiger partial charge is 0.269 e. The fourth-order valence-corrected chi connectivity index (χ4v) is 3.35. The SMILES string of the molecule is CC#Cc1ccc(Cn2ccc3cc(-n4nc(C(N)=O)cc4C)ccc32)cc1. The third-order valence-electron chi connectivity index (χ3n) is 4.72. The Morgan fingerprint density at radius 2 is 1.89 bits per heavy atom. The first-order valence-electron chi connectivity index (χ1n) is 9.02. The molecule has 0 saturated carbocycles. The lowest BCUT2D eigenvalue weighted by atomic mass is 10.1. The maximum absolute atomic E-state index is 11.4. The first kappa shape index (κ1) is 17.6. The first-order valence-corrected chi connectivity index (χ1v) is 9.02. The van der Waals surface area contributed by atoms with Crippen molar-refractivity contribution in [2.45, 2.75) is 20.4 Å². The lowest BCUT2D eigenvalue weighted by Crippen LogP contribution is -2.12. The molecule has 1 amide bonds. The molecule has 2 aromatic carbocycles. The van der Waals surface area contributed by atoms with Crippen LogP contribution in [0.2, 0.25) is 0 Å². The number of amides is 1. The molecule has 0 aliphatic carbocycles. The number of hydrogen-bond acceptors (Lipinski definition) is 2. The number of rotatable bonds is 4. The van der Waals surface area contributed by atoms with Gasteiger partial charge in [-0.2, -0.15) is 5.10 Å². The number of aromatic nitrogens is 3. The van der Waals surface area contributed by atoms with Crippen molar-refractivity contribution in [2.24, 2.45) is 5.73 Å². The van der Waals surface area contributed by atoms with E-state index in [0.29, 0.717) is 0 Å². The van der Waals surface area contributed by atoms with Crippen molar-refractivity contribution < 1.29 is 4.79 Å². The number of fused-ring (bicyclic) bond motifs is 1. The number of hydrogen-bond donors (Lipinski definition) is 1. The van der Waals surface area contributed by atoms with Gasteiger partial charge >= 0.3 is 0 Å².